The first-order valence-corrected chi connectivity index (χ1v) is 6.44. The van der Waals surface area contributed by atoms with Gasteiger partial charge < -0.3 is 19.3 Å². The Kier molecular flexibility index (Phi) is 5.12. The third-order valence-electron chi connectivity index (χ3n) is 2.86. The van der Waals surface area contributed by atoms with Gasteiger partial charge in [-0.3, -0.25) is 14.4 Å². The summed E-state index contributed by atoms with van der Waals surface area (Å²) >= 11 is 0. The molecule has 0 fully saturated rings. The number of carbonyl (C=O) groups excluding carboxylic acids is 2. The molecule has 0 aliphatic rings. The van der Waals surface area contributed by atoms with Crippen molar-refractivity contribution in [3.05, 3.63) is 24.2 Å². The Labute approximate surface area is 123 Å². The van der Waals surface area contributed by atoms with E-state index in [2.05, 4.69) is 0 Å². The summed E-state index contributed by atoms with van der Waals surface area (Å²) in [6, 6.07) is 3.08. The normalized spacial score (nSPS) is 11.0. The first-order chi connectivity index (χ1) is 9.62. The van der Waals surface area contributed by atoms with Crippen molar-refractivity contribution in [2.75, 3.05) is 20.1 Å². The molecule has 1 N–H and O–H groups in total. The Balaban J connectivity index is 2.77. The highest BCUT2D eigenvalue weighted by atomic mass is 16.4. The number of aliphatic carboxylic acids is 1. The minimum absolute atomic E-state index is 0.130. The molecule has 0 saturated carbocycles. The van der Waals surface area contributed by atoms with E-state index in [9.17, 15) is 14.4 Å². The standard InChI is InChI=1S/C14H20N2O5/c1-14(2,3)16(9-12(18)19)11(17)8-15(4)13(20)10-6-5-7-21-10/h5-7H,8-9H2,1-4H3,(H,18,19). The van der Waals surface area contributed by atoms with Crippen LogP contribution >= 0.6 is 0 Å². The molecule has 0 aliphatic heterocycles. The number of carbonyl (C=O) groups is 3. The van der Waals surface area contributed by atoms with Crippen molar-refractivity contribution in [3.8, 4) is 0 Å². The van der Waals surface area contributed by atoms with E-state index in [4.69, 9.17) is 9.52 Å². The van der Waals surface area contributed by atoms with Crippen LogP contribution < -0.4 is 0 Å². The highest BCUT2D eigenvalue weighted by molar-refractivity contribution is 5.94. The zero-order valence-corrected chi connectivity index (χ0v) is 12.6. The number of amides is 2. The van der Waals surface area contributed by atoms with Crippen LogP contribution in [0.4, 0.5) is 0 Å². The van der Waals surface area contributed by atoms with Gasteiger partial charge in [-0.05, 0) is 32.9 Å². The minimum atomic E-state index is -1.10. The molecule has 116 valence electrons. The first-order valence-electron chi connectivity index (χ1n) is 6.44. The summed E-state index contributed by atoms with van der Waals surface area (Å²) in [5.41, 5.74) is -0.649. The highest BCUT2D eigenvalue weighted by Gasteiger charge is 2.30. The molecule has 1 aromatic rings. The van der Waals surface area contributed by atoms with E-state index in [1.165, 1.54) is 29.2 Å². The van der Waals surface area contributed by atoms with Crippen LogP contribution in [0.15, 0.2) is 22.8 Å². The van der Waals surface area contributed by atoms with Gasteiger partial charge in [0.1, 0.15) is 6.54 Å². The van der Waals surface area contributed by atoms with Gasteiger partial charge in [0.25, 0.3) is 5.91 Å². The first kappa shape index (κ1) is 16.7. The fourth-order valence-corrected chi connectivity index (χ4v) is 1.78. The number of carboxylic acids is 1. The van der Waals surface area contributed by atoms with Crippen molar-refractivity contribution in [3.63, 3.8) is 0 Å². The molecule has 0 aromatic carbocycles. The Bertz CT molecular complexity index is 516. The minimum Gasteiger partial charge on any atom is -0.480 e. The lowest BCUT2D eigenvalue weighted by molar-refractivity contribution is -0.148. The Morgan fingerprint density at radius 2 is 1.86 bits per heavy atom. The van der Waals surface area contributed by atoms with Crippen molar-refractivity contribution >= 4 is 17.8 Å². The lowest BCUT2D eigenvalue weighted by Gasteiger charge is -2.35. The van der Waals surface area contributed by atoms with E-state index >= 15 is 0 Å². The molecule has 7 nitrogen and oxygen atoms in total. The van der Waals surface area contributed by atoms with Crippen LogP contribution in [-0.4, -0.2) is 58.4 Å². The summed E-state index contributed by atoms with van der Waals surface area (Å²) in [4.78, 5) is 37.5. The third kappa shape index (κ3) is 4.62. The van der Waals surface area contributed by atoms with Crippen LogP contribution in [-0.2, 0) is 9.59 Å². The molecule has 0 saturated heterocycles. The van der Waals surface area contributed by atoms with Gasteiger partial charge in [-0.15, -0.1) is 0 Å². The fourth-order valence-electron chi connectivity index (χ4n) is 1.78. The predicted molar refractivity (Wildman–Crippen MR) is 74.8 cm³/mol. The maximum absolute atomic E-state index is 12.2. The summed E-state index contributed by atoms with van der Waals surface area (Å²) < 4.78 is 4.98. The monoisotopic (exact) mass is 296 g/mol. The van der Waals surface area contributed by atoms with Crippen molar-refractivity contribution in [1.29, 1.82) is 0 Å². The number of carboxylic acid groups (broad SMARTS) is 1. The Hall–Kier alpha value is -2.31. The summed E-state index contributed by atoms with van der Waals surface area (Å²) in [7, 11) is 1.46. The maximum Gasteiger partial charge on any atom is 0.323 e. The third-order valence-corrected chi connectivity index (χ3v) is 2.86. The van der Waals surface area contributed by atoms with E-state index in [0.717, 1.165) is 0 Å². The van der Waals surface area contributed by atoms with Crippen LogP contribution in [0.1, 0.15) is 31.3 Å². The molecule has 1 aromatic heterocycles. The molecule has 0 unspecified atom stereocenters. The van der Waals surface area contributed by atoms with E-state index in [1.54, 1.807) is 26.8 Å². The topological polar surface area (TPSA) is 91.1 Å². The van der Waals surface area contributed by atoms with Gasteiger partial charge in [0.15, 0.2) is 5.76 Å². The Morgan fingerprint density at radius 3 is 2.29 bits per heavy atom. The van der Waals surface area contributed by atoms with Gasteiger partial charge in [0.2, 0.25) is 5.91 Å². The molecule has 0 atom stereocenters. The molecule has 0 aliphatic carbocycles. The van der Waals surface area contributed by atoms with Crippen molar-refractivity contribution in [2.24, 2.45) is 0 Å². The van der Waals surface area contributed by atoms with Gasteiger partial charge in [0, 0.05) is 12.6 Å². The number of nitrogens with zero attached hydrogens (tertiary/aromatic N) is 2. The maximum atomic E-state index is 12.2. The lowest BCUT2D eigenvalue weighted by atomic mass is 10.1. The van der Waals surface area contributed by atoms with Crippen molar-refractivity contribution < 1.29 is 23.9 Å². The second kappa shape index (κ2) is 6.43. The summed E-state index contributed by atoms with van der Waals surface area (Å²) in [5.74, 6) is -1.84. The smallest absolute Gasteiger partial charge is 0.323 e. The zero-order chi connectivity index (χ0) is 16.2. The van der Waals surface area contributed by atoms with Crippen LogP contribution in [0.3, 0.4) is 0 Å². The average Bonchev–Trinajstić information content (AvgIpc) is 2.86. The fraction of sp³-hybridized carbons (Fsp3) is 0.500. The SMILES string of the molecule is CN(CC(=O)N(CC(=O)O)C(C)(C)C)C(=O)c1ccco1. The molecule has 0 radical (unpaired) electrons. The van der Waals surface area contributed by atoms with Gasteiger partial charge in [-0.25, -0.2) is 0 Å². The summed E-state index contributed by atoms with van der Waals surface area (Å²) in [5, 5.41) is 8.90. The average molecular weight is 296 g/mol. The number of hydrogen-bond acceptors (Lipinski definition) is 4. The van der Waals surface area contributed by atoms with Gasteiger partial charge in [-0.2, -0.15) is 0 Å². The number of furan rings is 1. The Morgan fingerprint density at radius 1 is 1.24 bits per heavy atom. The van der Waals surface area contributed by atoms with Crippen LogP contribution in [0.5, 0.6) is 0 Å². The number of hydrogen-bond donors (Lipinski definition) is 1. The molecule has 7 heteroatoms. The van der Waals surface area contributed by atoms with Gasteiger partial charge >= 0.3 is 5.97 Å². The van der Waals surface area contributed by atoms with Crippen molar-refractivity contribution in [2.45, 2.75) is 26.3 Å². The molecule has 2 amide bonds. The van der Waals surface area contributed by atoms with E-state index in [-0.39, 0.29) is 12.3 Å². The molecule has 0 bridgehead atoms. The van der Waals surface area contributed by atoms with Crippen LogP contribution in [0, 0.1) is 0 Å². The zero-order valence-electron chi connectivity index (χ0n) is 12.6. The van der Waals surface area contributed by atoms with E-state index in [0.29, 0.717) is 0 Å². The second-order valence-electron chi connectivity index (χ2n) is 5.68. The van der Waals surface area contributed by atoms with Gasteiger partial charge in [0.05, 0.1) is 12.8 Å². The second-order valence-corrected chi connectivity index (χ2v) is 5.68. The number of likely N-dealkylation sites (N-methyl/N-ethyl adjacent to an activating group) is 1. The largest absolute Gasteiger partial charge is 0.480 e. The molecule has 1 heterocycles. The summed E-state index contributed by atoms with van der Waals surface area (Å²) in [6.45, 7) is 4.59. The predicted octanol–water partition coefficient (Wildman–Crippen LogP) is 1.06. The lowest BCUT2D eigenvalue weighted by Crippen LogP contribution is -2.51. The summed E-state index contributed by atoms with van der Waals surface area (Å²) in [6.07, 6.45) is 1.37. The molecule has 21 heavy (non-hydrogen) atoms. The van der Waals surface area contributed by atoms with Crippen LogP contribution in [0.2, 0.25) is 0 Å². The molecular formula is C14H20N2O5. The molecule has 1 rings (SSSR count). The number of rotatable bonds is 5. The quantitative estimate of drug-likeness (QED) is 0.877. The van der Waals surface area contributed by atoms with Crippen molar-refractivity contribution in [1.82, 2.24) is 9.80 Å². The van der Waals surface area contributed by atoms with E-state index < -0.39 is 29.9 Å². The molecule has 0 spiro atoms. The molecular weight excluding hydrogens is 276 g/mol. The van der Waals surface area contributed by atoms with E-state index in [1.807, 2.05) is 0 Å². The highest BCUT2D eigenvalue weighted by Crippen LogP contribution is 2.14. The van der Waals surface area contributed by atoms with Gasteiger partial charge in [-0.1, -0.05) is 0 Å². The van der Waals surface area contributed by atoms with Crippen LogP contribution in [0.25, 0.3) is 0 Å².